The molecule has 1 N–H and O–H groups in total. The van der Waals surface area contributed by atoms with Crippen molar-refractivity contribution < 1.29 is 14.3 Å². The smallest absolute Gasteiger partial charge is 0.313 e. The number of ether oxygens (including phenoxy) is 1. The number of nitrogens with one attached hydrogen (secondary N) is 1. The van der Waals surface area contributed by atoms with Gasteiger partial charge in [0.05, 0.1) is 5.41 Å². The van der Waals surface area contributed by atoms with E-state index in [9.17, 15) is 9.59 Å². The maximum atomic E-state index is 12.8. The van der Waals surface area contributed by atoms with Crippen molar-refractivity contribution in [2.24, 2.45) is 10.8 Å². The fourth-order valence-electron chi connectivity index (χ4n) is 3.51. The summed E-state index contributed by atoms with van der Waals surface area (Å²) in [5.41, 5.74) is -1.46. The Bertz CT molecular complexity index is 625. The van der Waals surface area contributed by atoms with Gasteiger partial charge in [-0.2, -0.15) is 0 Å². The van der Waals surface area contributed by atoms with Gasteiger partial charge >= 0.3 is 5.97 Å². The number of benzene rings is 1. The Hall–Kier alpha value is -1.36. The second kappa shape index (κ2) is 4.32. The lowest BCUT2D eigenvalue weighted by Crippen LogP contribution is -2.50. The fraction of sp³-hybridized carbons (Fsp3) is 0.500. The van der Waals surface area contributed by atoms with Crippen LogP contribution in [0.4, 0.5) is 5.69 Å². The molecule has 2 fully saturated rings. The highest BCUT2D eigenvalue weighted by Crippen LogP contribution is 2.65. The molecular formula is C16H18BrNO3. The molecule has 1 aliphatic carbocycles. The summed E-state index contributed by atoms with van der Waals surface area (Å²) >= 11 is 3.36. The summed E-state index contributed by atoms with van der Waals surface area (Å²) in [5.74, 6) is -0.492. The second-order valence-electron chi connectivity index (χ2n) is 6.63. The Morgan fingerprint density at radius 3 is 2.29 bits per heavy atom. The Kier molecular flexibility index (Phi) is 3.00. The molecule has 1 aliphatic heterocycles. The van der Waals surface area contributed by atoms with Gasteiger partial charge in [0.2, 0.25) is 0 Å². The highest BCUT2D eigenvalue weighted by Gasteiger charge is 2.75. The molecule has 21 heavy (non-hydrogen) atoms. The molecule has 2 atom stereocenters. The molecule has 1 aromatic rings. The highest BCUT2D eigenvalue weighted by molar-refractivity contribution is 9.10. The van der Waals surface area contributed by atoms with Gasteiger partial charge < -0.3 is 10.1 Å². The molecule has 1 saturated heterocycles. The number of carbonyl (C=O) groups excluding carboxylic acids is 2. The molecule has 0 aromatic heterocycles. The molecule has 1 aromatic carbocycles. The van der Waals surface area contributed by atoms with Gasteiger partial charge in [0.25, 0.3) is 5.91 Å². The zero-order chi connectivity index (χ0) is 15.5. The van der Waals surface area contributed by atoms with E-state index in [4.69, 9.17) is 4.74 Å². The quantitative estimate of drug-likeness (QED) is 0.829. The van der Waals surface area contributed by atoms with Gasteiger partial charge in [-0.25, -0.2) is 0 Å². The predicted octanol–water partition coefficient (Wildman–Crippen LogP) is 3.51. The Morgan fingerprint density at radius 1 is 1.19 bits per heavy atom. The third kappa shape index (κ3) is 1.73. The average Bonchev–Trinajstić information content (AvgIpc) is 2.72. The van der Waals surface area contributed by atoms with E-state index < -0.39 is 16.4 Å². The molecule has 2 unspecified atom stereocenters. The van der Waals surface area contributed by atoms with Crippen molar-refractivity contribution in [2.75, 3.05) is 5.32 Å². The minimum atomic E-state index is -1.06. The number of carbonyl (C=O) groups is 2. The predicted molar refractivity (Wildman–Crippen MR) is 82.7 cm³/mol. The third-order valence-electron chi connectivity index (χ3n) is 5.55. The number of fused-ring (bicyclic) bond motifs is 2. The summed E-state index contributed by atoms with van der Waals surface area (Å²) in [6.07, 6.45) is 1.26. The molecule has 0 spiro atoms. The summed E-state index contributed by atoms with van der Waals surface area (Å²) in [6, 6.07) is 7.35. The van der Waals surface area contributed by atoms with E-state index in [0.717, 1.165) is 4.47 Å². The topological polar surface area (TPSA) is 55.4 Å². The SMILES string of the molecule is CC12CCC(C(=O)Nc3ccc(Br)cc3)(OC1=O)C2(C)C. The van der Waals surface area contributed by atoms with Gasteiger partial charge in [0, 0.05) is 15.6 Å². The van der Waals surface area contributed by atoms with Crippen LogP contribution in [-0.4, -0.2) is 17.5 Å². The lowest BCUT2D eigenvalue weighted by atomic mass is 9.66. The molecule has 4 nitrogen and oxygen atoms in total. The fourth-order valence-corrected chi connectivity index (χ4v) is 3.78. The van der Waals surface area contributed by atoms with Crippen LogP contribution in [0, 0.1) is 10.8 Å². The highest BCUT2D eigenvalue weighted by atomic mass is 79.9. The summed E-state index contributed by atoms with van der Waals surface area (Å²) in [5, 5.41) is 2.89. The van der Waals surface area contributed by atoms with Crippen LogP contribution in [0.1, 0.15) is 33.6 Å². The van der Waals surface area contributed by atoms with Crippen molar-refractivity contribution in [1.29, 1.82) is 0 Å². The van der Waals surface area contributed by atoms with E-state index >= 15 is 0 Å². The van der Waals surface area contributed by atoms with E-state index in [1.54, 1.807) is 0 Å². The second-order valence-corrected chi connectivity index (χ2v) is 7.55. The normalized spacial score (nSPS) is 32.9. The lowest BCUT2D eigenvalue weighted by molar-refractivity contribution is -0.165. The van der Waals surface area contributed by atoms with Crippen molar-refractivity contribution >= 4 is 33.5 Å². The number of halogens is 1. The standard InChI is InChI=1S/C16H18BrNO3/c1-14(2)15(3)8-9-16(14,21-13(15)20)12(19)18-11-6-4-10(17)5-7-11/h4-7H,8-9H2,1-3H3,(H,18,19). The Morgan fingerprint density at radius 2 is 1.81 bits per heavy atom. The number of esters is 1. The minimum absolute atomic E-state index is 0.232. The van der Waals surface area contributed by atoms with Gasteiger partial charge in [-0.15, -0.1) is 0 Å². The first-order valence-corrected chi connectivity index (χ1v) is 7.83. The average molecular weight is 352 g/mol. The van der Waals surface area contributed by atoms with Crippen molar-refractivity contribution in [3.8, 4) is 0 Å². The van der Waals surface area contributed by atoms with Gasteiger partial charge in [0.15, 0.2) is 5.60 Å². The van der Waals surface area contributed by atoms with Crippen LogP contribution in [0.25, 0.3) is 0 Å². The molecule has 5 heteroatoms. The first kappa shape index (κ1) is 14.6. The first-order chi connectivity index (χ1) is 9.73. The monoisotopic (exact) mass is 351 g/mol. The van der Waals surface area contributed by atoms with E-state index in [1.807, 2.05) is 45.0 Å². The molecule has 2 aliphatic rings. The third-order valence-corrected chi connectivity index (χ3v) is 6.08. The minimum Gasteiger partial charge on any atom is -0.448 e. The molecule has 112 valence electrons. The number of anilines is 1. The Balaban J connectivity index is 1.91. The van der Waals surface area contributed by atoms with Gasteiger partial charge in [-0.3, -0.25) is 9.59 Å². The van der Waals surface area contributed by atoms with E-state index in [1.165, 1.54) is 0 Å². The van der Waals surface area contributed by atoms with Gasteiger partial charge in [0.1, 0.15) is 0 Å². The summed E-state index contributed by atoms with van der Waals surface area (Å²) in [4.78, 5) is 25.0. The number of rotatable bonds is 2. The zero-order valence-electron chi connectivity index (χ0n) is 12.3. The molecule has 2 bridgehead atoms. The van der Waals surface area contributed by atoms with Crippen LogP contribution < -0.4 is 5.32 Å². The maximum absolute atomic E-state index is 12.8. The van der Waals surface area contributed by atoms with Crippen LogP contribution in [0.3, 0.4) is 0 Å². The summed E-state index contributed by atoms with van der Waals surface area (Å²) in [6.45, 7) is 5.80. The van der Waals surface area contributed by atoms with Crippen molar-refractivity contribution in [3.05, 3.63) is 28.7 Å². The summed E-state index contributed by atoms with van der Waals surface area (Å²) in [7, 11) is 0. The van der Waals surface area contributed by atoms with Gasteiger partial charge in [-0.05, 0) is 44.0 Å². The molecular weight excluding hydrogens is 334 g/mol. The van der Waals surface area contributed by atoms with Gasteiger partial charge in [-0.1, -0.05) is 29.8 Å². The molecule has 1 amide bonds. The number of hydrogen-bond donors (Lipinski definition) is 1. The van der Waals surface area contributed by atoms with Crippen LogP contribution >= 0.6 is 15.9 Å². The first-order valence-electron chi connectivity index (χ1n) is 7.03. The van der Waals surface area contributed by atoms with Crippen LogP contribution in [0.2, 0.25) is 0 Å². The molecule has 3 rings (SSSR count). The summed E-state index contributed by atoms with van der Waals surface area (Å²) < 4.78 is 6.51. The van der Waals surface area contributed by atoms with Crippen LogP contribution in [-0.2, 0) is 14.3 Å². The largest absolute Gasteiger partial charge is 0.448 e. The molecule has 1 heterocycles. The number of hydrogen-bond acceptors (Lipinski definition) is 3. The maximum Gasteiger partial charge on any atom is 0.313 e. The van der Waals surface area contributed by atoms with E-state index in [2.05, 4.69) is 21.2 Å². The van der Waals surface area contributed by atoms with Crippen LogP contribution in [0.15, 0.2) is 28.7 Å². The lowest BCUT2D eigenvalue weighted by Gasteiger charge is -2.35. The van der Waals surface area contributed by atoms with Crippen LogP contribution in [0.5, 0.6) is 0 Å². The molecule has 1 saturated carbocycles. The van der Waals surface area contributed by atoms with Crippen molar-refractivity contribution in [2.45, 2.75) is 39.2 Å². The Labute approximate surface area is 132 Å². The zero-order valence-corrected chi connectivity index (χ0v) is 13.9. The number of amides is 1. The van der Waals surface area contributed by atoms with Crippen molar-refractivity contribution in [1.82, 2.24) is 0 Å². The van der Waals surface area contributed by atoms with E-state index in [0.29, 0.717) is 18.5 Å². The van der Waals surface area contributed by atoms with E-state index in [-0.39, 0.29) is 11.9 Å². The molecule has 0 radical (unpaired) electrons. The van der Waals surface area contributed by atoms with Crippen molar-refractivity contribution in [3.63, 3.8) is 0 Å².